The summed E-state index contributed by atoms with van der Waals surface area (Å²) in [5, 5.41) is 0. The molecule has 0 aliphatic rings. The summed E-state index contributed by atoms with van der Waals surface area (Å²) in [7, 11) is -2.45. The summed E-state index contributed by atoms with van der Waals surface area (Å²) in [6.45, 7) is 6.12. The third kappa shape index (κ3) is 7.66. The molecule has 146 valence electrons. The molecule has 0 saturated carbocycles. The van der Waals surface area contributed by atoms with Gasteiger partial charge < -0.3 is 18.5 Å². The number of hydrogen-bond donors (Lipinski definition) is 1. The molecule has 7 heteroatoms. The van der Waals surface area contributed by atoms with Crippen molar-refractivity contribution in [3.63, 3.8) is 0 Å². The molecule has 3 rings (SSSR count). The Morgan fingerprint density at radius 2 is 0.821 bits per heavy atom. The monoisotopic (exact) mass is 416 g/mol. The van der Waals surface area contributed by atoms with Crippen LogP contribution in [0, 0.1) is 20.8 Å². The maximum atomic E-state index is 8.46. The topological polar surface area (TPSA) is 65.0 Å². The minimum atomic E-state index is -1.62. The SMILES string of the molecule is Cc1ccc(OP(Oc2ccc(C)cc2)Oc2ccc(C)cc2)cc1.O=PO. The van der Waals surface area contributed by atoms with E-state index in [1.54, 1.807) is 0 Å². The Balaban J connectivity index is 0.000000878. The van der Waals surface area contributed by atoms with E-state index in [0.29, 0.717) is 0 Å². The van der Waals surface area contributed by atoms with Crippen LogP contribution in [0.4, 0.5) is 0 Å². The minimum absolute atomic E-state index is 0.718. The Bertz CT molecular complexity index is 737. The number of benzene rings is 3. The van der Waals surface area contributed by atoms with E-state index in [1.165, 1.54) is 16.7 Å². The summed E-state index contributed by atoms with van der Waals surface area (Å²) in [6.07, 6.45) is 0. The summed E-state index contributed by atoms with van der Waals surface area (Å²) in [4.78, 5) is 6.99. The van der Waals surface area contributed by atoms with Gasteiger partial charge in [0.15, 0.2) is 0 Å². The molecule has 0 unspecified atom stereocenters. The molecule has 0 heterocycles. The van der Waals surface area contributed by atoms with Crippen LogP contribution in [0.3, 0.4) is 0 Å². The molecule has 0 radical (unpaired) electrons. The van der Waals surface area contributed by atoms with E-state index in [1.807, 2.05) is 93.6 Å². The molecule has 0 aromatic heterocycles. The molecule has 3 aromatic carbocycles. The fourth-order valence-electron chi connectivity index (χ4n) is 2.11. The van der Waals surface area contributed by atoms with Crippen molar-refractivity contribution in [2.75, 3.05) is 0 Å². The lowest BCUT2D eigenvalue weighted by molar-refractivity contribution is 0.388. The van der Waals surface area contributed by atoms with Gasteiger partial charge in [0.25, 0.3) is 0 Å². The van der Waals surface area contributed by atoms with Gasteiger partial charge in [-0.25, -0.2) is 4.57 Å². The first-order valence-corrected chi connectivity index (χ1v) is 10.4. The van der Waals surface area contributed by atoms with Crippen molar-refractivity contribution in [3.8, 4) is 17.2 Å². The lowest BCUT2D eigenvalue weighted by Gasteiger charge is -2.18. The van der Waals surface area contributed by atoms with Gasteiger partial charge in [0.05, 0.1) is 0 Å². The maximum absolute atomic E-state index is 8.46. The predicted octanol–water partition coefficient (Wildman–Crippen LogP) is 6.56. The molecule has 5 nitrogen and oxygen atoms in total. The van der Waals surface area contributed by atoms with Crippen molar-refractivity contribution >= 4 is 17.3 Å². The molecule has 0 atom stereocenters. The van der Waals surface area contributed by atoms with Gasteiger partial charge in [-0.1, -0.05) is 53.1 Å². The van der Waals surface area contributed by atoms with Gasteiger partial charge in [0.1, 0.15) is 17.2 Å². The summed E-state index contributed by atoms with van der Waals surface area (Å²) >= 11 is 0. The summed E-state index contributed by atoms with van der Waals surface area (Å²) in [6, 6.07) is 23.5. The first-order valence-electron chi connectivity index (χ1n) is 8.51. The van der Waals surface area contributed by atoms with Gasteiger partial charge in [0, 0.05) is 0 Å². The Hall–Kier alpha value is -2.45. The summed E-state index contributed by atoms with van der Waals surface area (Å²) in [5.74, 6) is 2.16. The van der Waals surface area contributed by atoms with Crippen molar-refractivity contribution in [1.82, 2.24) is 0 Å². The lowest BCUT2D eigenvalue weighted by atomic mass is 10.2. The normalized spacial score (nSPS) is 10.2. The van der Waals surface area contributed by atoms with E-state index in [0.717, 1.165) is 17.2 Å². The Morgan fingerprint density at radius 3 is 1.04 bits per heavy atom. The molecule has 0 bridgehead atoms. The second-order valence-electron chi connectivity index (χ2n) is 6.02. The largest absolute Gasteiger partial charge is 0.530 e. The zero-order chi connectivity index (χ0) is 20.4. The Labute approximate surface area is 168 Å². The second-order valence-corrected chi connectivity index (χ2v) is 7.18. The highest BCUT2D eigenvalue weighted by atomic mass is 31.2. The summed E-state index contributed by atoms with van der Waals surface area (Å²) in [5.41, 5.74) is 3.53. The molecular formula is C21H22O5P2. The first kappa shape index (κ1) is 21.8. The first-order chi connectivity index (χ1) is 13.5. The Morgan fingerprint density at radius 1 is 0.607 bits per heavy atom. The van der Waals surface area contributed by atoms with E-state index in [9.17, 15) is 0 Å². The molecule has 3 aromatic rings. The molecule has 0 spiro atoms. The lowest BCUT2D eigenvalue weighted by Crippen LogP contribution is -2.02. The zero-order valence-corrected chi connectivity index (χ0v) is 17.7. The molecule has 0 aliphatic heterocycles. The van der Waals surface area contributed by atoms with Crippen LogP contribution in [0.1, 0.15) is 16.7 Å². The molecule has 28 heavy (non-hydrogen) atoms. The molecule has 0 amide bonds. The predicted molar refractivity (Wildman–Crippen MR) is 112 cm³/mol. The van der Waals surface area contributed by atoms with Crippen molar-refractivity contribution in [2.24, 2.45) is 0 Å². The standard InChI is InChI=1S/C21H21O3P.HO2P/c1-16-4-10-19(11-5-16)22-25(23-20-12-6-17(2)7-13-20)24-21-14-8-18(3)9-15-21;1-3-2/h4-15H,1-3H3;(H,1,2). The fraction of sp³-hybridized carbons (Fsp3) is 0.143. The van der Waals surface area contributed by atoms with Crippen LogP contribution in [0.25, 0.3) is 0 Å². The number of rotatable bonds is 6. The smallest absolute Gasteiger partial charge is 0.409 e. The van der Waals surface area contributed by atoms with Gasteiger partial charge >= 0.3 is 17.3 Å². The van der Waals surface area contributed by atoms with E-state index >= 15 is 0 Å². The van der Waals surface area contributed by atoms with Crippen molar-refractivity contribution < 1.29 is 23.0 Å². The zero-order valence-electron chi connectivity index (χ0n) is 15.9. The van der Waals surface area contributed by atoms with Crippen LogP contribution >= 0.6 is 17.3 Å². The van der Waals surface area contributed by atoms with Gasteiger partial charge in [-0.2, -0.15) is 0 Å². The number of hydrogen-bond acceptors (Lipinski definition) is 4. The fourth-order valence-corrected chi connectivity index (χ4v) is 3.10. The highest BCUT2D eigenvalue weighted by Gasteiger charge is 2.19. The Kier molecular flexibility index (Phi) is 8.90. The van der Waals surface area contributed by atoms with Crippen LogP contribution in [-0.2, 0) is 4.57 Å². The molecule has 0 saturated heterocycles. The summed E-state index contributed by atoms with van der Waals surface area (Å²) < 4.78 is 26.3. The van der Waals surface area contributed by atoms with Crippen LogP contribution in [-0.4, -0.2) is 4.89 Å². The van der Waals surface area contributed by atoms with E-state index < -0.39 is 17.3 Å². The minimum Gasteiger partial charge on any atom is -0.409 e. The van der Waals surface area contributed by atoms with Crippen molar-refractivity contribution in [2.45, 2.75) is 20.8 Å². The second kappa shape index (κ2) is 11.4. The van der Waals surface area contributed by atoms with E-state index in [4.69, 9.17) is 23.0 Å². The van der Waals surface area contributed by atoms with Gasteiger partial charge in [0.2, 0.25) is 0 Å². The molecular weight excluding hydrogens is 394 g/mol. The highest BCUT2D eigenvalue weighted by Crippen LogP contribution is 2.42. The van der Waals surface area contributed by atoms with E-state index in [-0.39, 0.29) is 0 Å². The average molecular weight is 416 g/mol. The van der Waals surface area contributed by atoms with Gasteiger partial charge in [-0.3, -0.25) is 0 Å². The quantitative estimate of drug-likeness (QED) is 0.461. The van der Waals surface area contributed by atoms with Crippen LogP contribution in [0.5, 0.6) is 17.2 Å². The maximum Gasteiger partial charge on any atom is 0.530 e. The number of aryl methyl sites for hydroxylation is 3. The average Bonchev–Trinajstić information content (AvgIpc) is 2.68. The molecule has 0 fully saturated rings. The highest BCUT2D eigenvalue weighted by molar-refractivity contribution is 7.43. The molecule has 1 N–H and O–H groups in total. The van der Waals surface area contributed by atoms with Crippen LogP contribution in [0.2, 0.25) is 0 Å². The third-order valence-corrected chi connectivity index (χ3v) is 4.68. The van der Waals surface area contributed by atoms with Crippen LogP contribution in [0.15, 0.2) is 72.8 Å². The van der Waals surface area contributed by atoms with E-state index in [2.05, 4.69) is 0 Å². The molecule has 0 aliphatic carbocycles. The van der Waals surface area contributed by atoms with Crippen LogP contribution < -0.4 is 13.6 Å². The van der Waals surface area contributed by atoms with Crippen molar-refractivity contribution in [3.05, 3.63) is 89.5 Å². The third-order valence-electron chi connectivity index (χ3n) is 3.60. The van der Waals surface area contributed by atoms with Gasteiger partial charge in [-0.05, 0) is 57.2 Å². The van der Waals surface area contributed by atoms with Gasteiger partial charge in [-0.15, -0.1) is 0 Å². The van der Waals surface area contributed by atoms with Crippen molar-refractivity contribution in [1.29, 1.82) is 0 Å².